The molecule has 1 unspecified atom stereocenters. The lowest BCUT2D eigenvalue weighted by atomic mass is 10.3. The zero-order valence-corrected chi connectivity index (χ0v) is 8.90. The highest BCUT2D eigenvalue weighted by atomic mass is 16.5. The normalized spacial score (nSPS) is 18.9. The van der Waals surface area contributed by atoms with Crippen molar-refractivity contribution < 1.29 is 19.4 Å². The SMILES string of the molecule is O=C(Nc1cc(C(=O)O)[nH]n1)NC1CCOC1. The molecule has 1 fully saturated rings. The monoisotopic (exact) mass is 240 g/mol. The third-order valence-electron chi connectivity index (χ3n) is 2.31. The van der Waals surface area contributed by atoms with Gasteiger partial charge in [0.25, 0.3) is 0 Å². The second-order valence-corrected chi connectivity index (χ2v) is 3.63. The molecule has 1 aliphatic heterocycles. The number of carboxylic acids is 1. The molecule has 8 nitrogen and oxygen atoms in total. The Hall–Kier alpha value is -2.09. The van der Waals surface area contributed by atoms with Gasteiger partial charge in [-0.15, -0.1) is 0 Å². The smallest absolute Gasteiger partial charge is 0.353 e. The molecule has 92 valence electrons. The number of carbonyl (C=O) groups is 2. The number of aromatic amines is 1. The number of nitrogens with zero attached hydrogens (tertiary/aromatic N) is 1. The first kappa shape index (κ1) is 11.4. The molecule has 0 aromatic carbocycles. The van der Waals surface area contributed by atoms with Crippen LogP contribution in [0.5, 0.6) is 0 Å². The summed E-state index contributed by atoms with van der Waals surface area (Å²) in [5, 5.41) is 19.7. The second-order valence-electron chi connectivity index (χ2n) is 3.63. The quantitative estimate of drug-likeness (QED) is 0.594. The Bertz CT molecular complexity index is 424. The molecule has 0 bridgehead atoms. The molecule has 2 rings (SSSR count). The number of aromatic nitrogens is 2. The number of urea groups is 1. The van der Waals surface area contributed by atoms with Crippen molar-refractivity contribution in [2.75, 3.05) is 18.5 Å². The Morgan fingerprint density at radius 3 is 3.00 bits per heavy atom. The molecule has 1 atom stereocenters. The van der Waals surface area contributed by atoms with Crippen molar-refractivity contribution in [3.8, 4) is 0 Å². The fraction of sp³-hybridized carbons (Fsp3) is 0.444. The van der Waals surface area contributed by atoms with Crippen molar-refractivity contribution in [2.45, 2.75) is 12.5 Å². The molecule has 1 saturated heterocycles. The Morgan fingerprint density at radius 2 is 2.41 bits per heavy atom. The molecular weight excluding hydrogens is 228 g/mol. The van der Waals surface area contributed by atoms with Gasteiger partial charge in [-0.05, 0) is 6.42 Å². The van der Waals surface area contributed by atoms with Crippen LogP contribution < -0.4 is 10.6 Å². The summed E-state index contributed by atoms with van der Waals surface area (Å²) in [7, 11) is 0. The van der Waals surface area contributed by atoms with Crippen LogP contribution >= 0.6 is 0 Å². The van der Waals surface area contributed by atoms with Crippen molar-refractivity contribution in [3.63, 3.8) is 0 Å². The van der Waals surface area contributed by atoms with Gasteiger partial charge in [-0.2, -0.15) is 5.10 Å². The van der Waals surface area contributed by atoms with Crippen LogP contribution in [0.1, 0.15) is 16.9 Å². The molecule has 8 heteroatoms. The minimum absolute atomic E-state index is 0.00659. The van der Waals surface area contributed by atoms with Gasteiger partial charge < -0.3 is 15.2 Å². The number of hydrogen-bond donors (Lipinski definition) is 4. The van der Waals surface area contributed by atoms with Crippen LogP contribution in [-0.2, 0) is 4.74 Å². The molecule has 2 amide bonds. The van der Waals surface area contributed by atoms with Gasteiger partial charge >= 0.3 is 12.0 Å². The maximum absolute atomic E-state index is 11.5. The minimum Gasteiger partial charge on any atom is -0.477 e. The number of amides is 2. The fourth-order valence-corrected chi connectivity index (χ4v) is 1.48. The third-order valence-corrected chi connectivity index (χ3v) is 2.31. The summed E-state index contributed by atoms with van der Waals surface area (Å²) < 4.78 is 5.10. The van der Waals surface area contributed by atoms with E-state index in [1.165, 1.54) is 6.07 Å². The highest BCUT2D eigenvalue weighted by Gasteiger charge is 2.18. The molecule has 0 spiro atoms. The maximum Gasteiger partial charge on any atom is 0.353 e. The predicted molar refractivity (Wildman–Crippen MR) is 56.9 cm³/mol. The molecule has 0 radical (unpaired) electrons. The van der Waals surface area contributed by atoms with E-state index in [4.69, 9.17) is 9.84 Å². The van der Waals surface area contributed by atoms with E-state index in [1.807, 2.05) is 0 Å². The summed E-state index contributed by atoms with van der Waals surface area (Å²) in [5.41, 5.74) is -0.0792. The summed E-state index contributed by atoms with van der Waals surface area (Å²) in [6.45, 7) is 1.13. The van der Waals surface area contributed by atoms with Gasteiger partial charge in [0, 0.05) is 12.7 Å². The first-order valence-electron chi connectivity index (χ1n) is 5.09. The average molecular weight is 240 g/mol. The summed E-state index contributed by atoms with van der Waals surface area (Å²) in [6, 6.07) is 0.810. The van der Waals surface area contributed by atoms with Gasteiger partial charge in [0.1, 0.15) is 5.69 Å². The van der Waals surface area contributed by atoms with Gasteiger partial charge in [-0.3, -0.25) is 10.4 Å². The summed E-state index contributed by atoms with van der Waals surface area (Å²) >= 11 is 0. The van der Waals surface area contributed by atoms with Crippen LogP contribution in [0.4, 0.5) is 10.6 Å². The zero-order valence-electron chi connectivity index (χ0n) is 8.90. The van der Waals surface area contributed by atoms with E-state index in [9.17, 15) is 9.59 Å². The van der Waals surface area contributed by atoms with Gasteiger partial charge in [-0.1, -0.05) is 0 Å². The van der Waals surface area contributed by atoms with E-state index < -0.39 is 12.0 Å². The molecule has 1 aliphatic rings. The molecule has 4 N–H and O–H groups in total. The number of carboxylic acid groups (broad SMARTS) is 1. The molecule has 2 heterocycles. The summed E-state index contributed by atoms with van der Waals surface area (Å²) in [5.74, 6) is -0.964. The van der Waals surface area contributed by atoms with E-state index in [2.05, 4.69) is 20.8 Å². The fourth-order valence-electron chi connectivity index (χ4n) is 1.48. The number of hydrogen-bond acceptors (Lipinski definition) is 4. The Kier molecular flexibility index (Phi) is 3.24. The van der Waals surface area contributed by atoms with Crippen LogP contribution in [0.2, 0.25) is 0 Å². The number of nitrogens with one attached hydrogen (secondary N) is 3. The van der Waals surface area contributed by atoms with Gasteiger partial charge in [0.2, 0.25) is 0 Å². The van der Waals surface area contributed by atoms with Crippen molar-refractivity contribution in [1.82, 2.24) is 15.5 Å². The first-order chi connectivity index (χ1) is 8.15. The zero-order chi connectivity index (χ0) is 12.3. The van der Waals surface area contributed by atoms with Crippen LogP contribution in [0.3, 0.4) is 0 Å². The minimum atomic E-state index is -1.13. The lowest BCUT2D eigenvalue weighted by Gasteiger charge is -2.10. The number of carbonyl (C=O) groups excluding carboxylic acids is 1. The van der Waals surface area contributed by atoms with Gasteiger partial charge in [0.05, 0.1) is 12.6 Å². The Labute approximate surface area is 96.3 Å². The standard InChI is InChI=1S/C9H12N4O4/c14-8(15)6-3-7(13-12-6)11-9(16)10-5-1-2-17-4-5/h3,5H,1-2,4H2,(H,14,15)(H3,10,11,12,13,16). The van der Waals surface area contributed by atoms with Crippen LogP contribution in [-0.4, -0.2) is 46.6 Å². The molecule has 0 saturated carbocycles. The molecule has 17 heavy (non-hydrogen) atoms. The van der Waals surface area contributed by atoms with Crippen molar-refractivity contribution in [3.05, 3.63) is 11.8 Å². The third kappa shape index (κ3) is 2.94. The number of aromatic carboxylic acids is 1. The number of rotatable bonds is 3. The van der Waals surface area contributed by atoms with Crippen LogP contribution in [0, 0.1) is 0 Å². The molecule has 1 aromatic heterocycles. The van der Waals surface area contributed by atoms with E-state index in [1.54, 1.807) is 0 Å². The van der Waals surface area contributed by atoms with Crippen LogP contribution in [0.25, 0.3) is 0 Å². The number of H-pyrrole nitrogens is 1. The topological polar surface area (TPSA) is 116 Å². The molecule has 1 aromatic rings. The van der Waals surface area contributed by atoms with Crippen molar-refractivity contribution in [1.29, 1.82) is 0 Å². The van der Waals surface area contributed by atoms with E-state index in [0.717, 1.165) is 6.42 Å². The predicted octanol–water partition coefficient (Wildman–Crippen LogP) is 0.0183. The lowest BCUT2D eigenvalue weighted by molar-refractivity contribution is 0.0690. The summed E-state index contributed by atoms with van der Waals surface area (Å²) in [6.07, 6.45) is 0.772. The highest BCUT2D eigenvalue weighted by molar-refractivity contribution is 5.91. The van der Waals surface area contributed by atoms with Gasteiger partial charge in [-0.25, -0.2) is 9.59 Å². The first-order valence-corrected chi connectivity index (χ1v) is 5.09. The second kappa shape index (κ2) is 4.83. The maximum atomic E-state index is 11.5. The number of ether oxygens (including phenoxy) is 1. The lowest BCUT2D eigenvalue weighted by Crippen LogP contribution is -2.38. The Morgan fingerprint density at radius 1 is 1.59 bits per heavy atom. The Balaban J connectivity index is 1.86. The molecular formula is C9H12N4O4. The van der Waals surface area contributed by atoms with E-state index in [0.29, 0.717) is 13.2 Å². The largest absolute Gasteiger partial charge is 0.477 e. The van der Waals surface area contributed by atoms with Crippen molar-refractivity contribution in [2.24, 2.45) is 0 Å². The van der Waals surface area contributed by atoms with Gasteiger partial charge in [0.15, 0.2) is 5.82 Å². The van der Waals surface area contributed by atoms with Crippen LogP contribution in [0.15, 0.2) is 6.07 Å². The molecule has 0 aliphatic carbocycles. The highest BCUT2D eigenvalue weighted by Crippen LogP contribution is 2.06. The van der Waals surface area contributed by atoms with E-state index >= 15 is 0 Å². The van der Waals surface area contributed by atoms with E-state index in [-0.39, 0.29) is 17.6 Å². The average Bonchev–Trinajstić information content (AvgIpc) is 2.88. The summed E-state index contributed by atoms with van der Waals surface area (Å²) in [4.78, 5) is 22.0. The van der Waals surface area contributed by atoms with Crippen molar-refractivity contribution >= 4 is 17.8 Å². The number of anilines is 1.